The molecule has 0 radical (unpaired) electrons. The Bertz CT molecular complexity index is 1030. The number of carbonyl (C=O) groups excluding carboxylic acids is 1. The van der Waals surface area contributed by atoms with Crippen molar-refractivity contribution in [1.29, 1.82) is 0 Å². The smallest absolute Gasteiger partial charge is 0.235 e. The summed E-state index contributed by atoms with van der Waals surface area (Å²) in [6.07, 6.45) is 8.52. The Morgan fingerprint density at radius 3 is 2.86 bits per heavy atom. The Hall–Kier alpha value is -2.41. The molecule has 1 aromatic carbocycles. The lowest BCUT2D eigenvalue weighted by molar-refractivity contribution is -0.113. The van der Waals surface area contributed by atoms with E-state index in [0.29, 0.717) is 33.6 Å². The number of carbonyl (C=O) groups is 1. The minimum Gasteiger partial charge on any atom is -0.308 e. The van der Waals surface area contributed by atoms with Crippen LogP contribution in [-0.4, -0.2) is 31.5 Å². The molecule has 28 heavy (non-hydrogen) atoms. The van der Waals surface area contributed by atoms with Crippen LogP contribution in [0.15, 0.2) is 30.6 Å². The number of hydrogen-bond acceptors (Lipinski definition) is 4. The molecule has 0 saturated heterocycles. The molecule has 2 heterocycles. The van der Waals surface area contributed by atoms with Crippen molar-refractivity contribution in [2.45, 2.75) is 44.8 Å². The summed E-state index contributed by atoms with van der Waals surface area (Å²) in [4.78, 5) is 17.1. The van der Waals surface area contributed by atoms with E-state index >= 15 is 0 Å². The van der Waals surface area contributed by atoms with Gasteiger partial charge in [-0.1, -0.05) is 18.9 Å². The maximum atomic E-state index is 13.8. The molecule has 0 bridgehead atoms. The van der Waals surface area contributed by atoms with Gasteiger partial charge >= 0.3 is 0 Å². The molecule has 2 aromatic heterocycles. The third-order valence-electron chi connectivity index (χ3n) is 5.06. The lowest BCUT2D eigenvalue weighted by Crippen LogP contribution is -2.16. The van der Waals surface area contributed by atoms with E-state index in [1.165, 1.54) is 31.7 Å². The number of nitrogens with zero attached hydrogens (tertiary/aromatic N) is 3. The average Bonchev–Trinajstić information content (AvgIpc) is 3.29. The predicted octanol–water partition coefficient (Wildman–Crippen LogP) is 4.77. The molecule has 1 aliphatic carbocycles. The van der Waals surface area contributed by atoms with E-state index in [0.717, 1.165) is 11.1 Å². The monoisotopic (exact) mass is 398 g/mol. The van der Waals surface area contributed by atoms with E-state index in [1.807, 2.05) is 13.1 Å². The highest BCUT2D eigenvalue weighted by atomic mass is 32.2. The lowest BCUT2D eigenvalue weighted by Gasteiger charge is -2.09. The topological polar surface area (TPSA) is 59.3 Å². The van der Waals surface area contributed by atoms with Crippen LogP contribution in [0.4, 0.5) is 10.2 Å². The molecule has 1 aliphatic rings. The first-order valence-corrected chi connectivity index (χ1v) is 10.6. The number of anilines is 1. The highest BCUT2D eigenvalue weighted by Crippen LogP contribution is 2.33. The van der Waals surface area contributed by atoms with Crippen molar-refractivity contribution >= 4 is 29.1 Å². The molecule has 5 nitrogen and oxygen atoms in total. The van der Waals surface area contributed by atoms with Crippen LogP contribution in [0.5, 0.6) is 0 Å². The number of fused-ring (bicyclic) bond motifs is 1. The highest BCUT2D eigenvalue weighted by molar-refractivity contribution is 8.00. The van der Waals surface area contributed by atoms with Gasteiger partial charge in [0.25, 0.3) is 0 Å². The molecule has 1 N–H and O–H groups in total. The second kappa shape index (κ2) is 7.91. The maximum Gasteiger partial charge on any atom is 0.235 e. The summed E-state index contributed by atoms with van der Waals surface area (Å²) in [5.74, 6) is 0.535. The van der Waals surface area contributed by atoms with Crippen molar-refractivity contribution in [3.8, 4) is 11.1 Å². The molecular formula is C21H23FN4OS. The van der Waals surface area contributed by atoms with Crippen molar-refractivity contribution < 1.29 is 9.18 Å². The molecular weight excluding hydrogens is 375 g/mol. The zero-order valence-electron chi connectivity index (χ0n) is 16.0. The molecule has 1 amide bonds. The summed E-state index contributed by atoms with van der Waals surface area (Å²) in [5.41, 5.74) is 3.63. The first-order valence-electron chi connectivity index (χ1n) is 9.54. The summed E-state index contributed by atoms with van der Waals surface area (Å²) in [6, 6.07) is 4.89. The van der Waals surface area contributed by atoms with Crippen molar-refractivity contribution in [3.63, 3.8) is 0 Å². The molecule has 0 atom stereocenters. The molecule has 146 valence electrons. The number of hydrogen-bond donors (Lipinski definition) is 1. The average molecular weight is 399 g/mol. The molecule has 1 saturated carbocycles. The summed E-state index contributed by atoms with van der Waals surface area (Å²) in [5, 5.41) is 8.07. The maximum absolute atomic E-state index is 13.8. The number of thioether (sulfide) groups is 1. The Kier molecular flexibility index (Phi) is 5.35. The summed E-state index contributed by atoms with van der Waals surface area (Å²) in [6.45, 7) is 3.66. The summed E-state index contributed by atoms with van der Waals surface area (Å²) < 4.78 is 15.4. The molecule has 0 spiro atoms. The van der Waals surface area contributed by atoms with E-state index < -0.39 is 0 Å². The van der Waals surface area contributed by atoms with Crippen LogP contribution in [0.1, 0.15) is 36.8 Å². The molecule has 0 aliphatic heterocycles. The third kappa shape index (κ3) is 3.90. The van der Waals surface area contributed by atoms with Crippen LogP contribution in [-0.2, 0) is 4.79 Å². The Morgan fingerprint density at radius 2 is 2.11 bits per heavy atom. The van der Waals surface area contributed by atoms with Gasteiger partial charge in [-0.05, 0) is 55.5 Å². The van der Waals surface area contributed by atoms with Crippen molar-refractivity contribution in [1.82, 2.24) is 14.6 Å². The van der Waals surface area contributed by atoms with Gasteiger partial charge in [0.15, 0.2) is 11.5 Å². The number of aromatic nitrogens is 3. The van der Waals surface area contributed by atoms with E-state index in [2.05, 4.69) is 15.4 Å². The van der Waals surface area contributed by atoms with Gasteiger partial charge in [-0.15, -0.1) is 16.9 Å². The van der Waals surface area contributed by atoms with Gasteiger partial charge in [0.1, 0.15) is 5.82 Å². The van der Waals surface area contributed by atoms with Crippen LogP contribution < -0.4 is 5.32 Å². The highest BCUT2D eigenvalue weighted by Gasteiger charge is 2.21. The minimum absolute atomic E-state index is 0.0721. The fourth-order valence-corrected chi connectivity index (χ4v) is 4.72. The molecule has 0 unspecified atom stereocenters. The molecule has 7 heteroatoms. The van der Waals surface area contributed by atoms with Gasteiger partial charge in [0, 0.05) is 17.6 Å². The number of nitrogens with one attached hydrogen (secondary N) is 1. The largest absolute Gasteiger partial charge is 0.308 e. The predicted molar refractivity (Wildman–Crippen MR) is 111 cm³/mol. The van der Waals surface area contributed by atoms with Gasteiger partial charge in [-0.25, -0.2) is 13.9 Å². The molecule has 3 aromatic rings. The van der Waals surface area contributed by atoms with Crippen molar-refractivity contribution in [2.24, 2.45) is 0 Å². The first-order chi connectivity index (χ1) is 13.5. The summed E-state index contributed by atoms with van der Waals surface area (Å²) >= 11 is 1.71. The zero-order chi connectivity index (χ0) is 19.7. The number of amides is 1. The standard InChI is InChI=1S/C21H23FN4OS/c1-13-10-23-21-19(15-7-8-17(22)14(2)9-15)20(25-26(21)11-13)24-18(27)12-28-16-5-3-4-6-16/h7-11,16H,3-6,12H2,1-2H3,(H,24,25,27). The van der Waals surface area contributed by atoms with Crippen LogP contribution in [0.3, 0.4) is 0 Å². The number of rotatable bonds is 5. The fourth-order valence-electron chi connectivity index (χ4n) is 3.60. The Labute approximate surface area is 167 Å². The normalized spacial score (nSPS) is 14.7. The van der Waals surface area contributed by atoms with Crippen molar-refractivity contribution in [3.05, 3.63) is 47.5 Å². The van der Waals surface area contributed by atoms with Gasteiger partial charge in [-0.2, -0.15) is 0 Å². The van der Waals surface area contributed by atoms with E-state index in [-0.39, 0.29) is 11.7 Å². The van der Waals surface area contributed by atoms with Gasteiger partial charge in [0.05, 0.1) is 11.3 Å². The van der Waals surface area contributed by atoms with Crippen molar-refractivity contribution in [2.75, 3.05) is 11.1 Å². The van der Waals surface area contributed by atoms with Crippen LogP contribution >= 0.6 is 11.8 Å². The molecule has 4 rings (SSSR count). The lowest BCUT2D eigenvalue weighted by atomic mass is 10.0. The van der Waals surface area contributed by atoms with Crippen LogP contribution in [0.2, 0.25) is 0 Å². The van der Waals surface area contributed by atoms with E-state index in [1.54, 1.807) is 41.5 Å². The number of benzene rings is 1. The van der Waals surface area contributed by atoms with Gasteiger partial charge in [0.2, 0.25) is 5.91 Å². The first kappa shape index (κ1) is 18.9. The quantitative estimate of drug-likeness (QED) is 0.673. The Morgan fingerprint density at radius 1 is 1.32 bits per heavy atom. The Balaban J connectivity index is 1.66. The van der Waals surface area contributed by atoms with Gasteiger partial charge in [-0.3, -0.25) is 4.79 Å². The van der Waals surface area contributed by atoms with Crippen LogP contribution in [0, 0.1) is 19.7 Å². The van der Waals surface area contributed by atoms with E-state index in [9.17, 15) is 9.18 Å². The minimum atomic E-state index is -0.262. The SMILES string of the molecule is Cc1cnc2c(-c3ccc(F)c(C)c3)c(NC(=O)CSC3CCCC3)nn2c1. The second-order valence-corrected chi connectivity index (χ2v) is 8.64. The number of halogens is 1. The second-order valence-electron chi connectivity index (χ2n) is 7.35. The molecule has 1 fully saturated rings. The van der Waals surface area contributed by atoms with Crippen LogP contribution in [0.25, 0.3) is 16.8 Å². The fraction of sp³-hybridized carbons (Fsp3) is 0.381. The van der Waals surface area contributed by atoms with E-state index in [4.69, 9.17) is 0 Å². The van der Waals surface area contributed by atoms with Gasteiger partial charge < -0.3 is 5.32 Å². The number of aryl methyl sites for hydroxylation is 2. The summed E-state index contributed by atoms with van der Waals surface area (Å²) in [7, 11) is 0. The zero-order valence-corrected chi connectivity index (χ0v) is 16.9. The third-order valence-corrected chi connectivity index (χ3v) is 6.43.